The van der Waals surface area contributed by atoms with Crippen LogP contribution in [-0.2, 0) is 0 Å². The molecule has 0 amide bonds. The normalized spacial score (nSPS) is 10.7. The molecule has 0 radical (unpaired) electrons. The Morgan fingerprint density at radius 2 is 2.38 bits per heavy atom. The molecule has 2 aromatic rings. The zero-order chi connectivity index (χ0) is 9.42. The fourth-order valence-electron chi connectivity index (χ4n) is 1.15. The summed E-state index contributed by atoms with van der Waals surface area (Å²) in [5, 5.41) is 0.416. The fraction of sp³-hybridized carbons (Fsp3) is 0.125. The number of nitrogens with one attached hydrogen (secondary N) is 1. The Morgan fingerprint density at radius 3 is 3.08 bits per heavy atom. The molecule has 1 N–H and O–H groups in total. The molecular weight excluding hydrogens is 239 g/mol. The molecule has 0 aliphatic rings. The highest BCUT2D eigenvalue weighted by Crippen LogP contribution is 2.29. The first-order chi connectivity index (χ1) is 6.24. The SMILES string of the molecule is COc1cnc2[nH]cc(Br)c2c1F. The lowest BCUT2D eigenvalue weighted by Crippen LogP contribution is -1.90. The molecule has 0 aliphatic carbocycles. The molecule has 13 heavy (non-hydrogen) atoms. The van der Waals surface area contributed by atoms with Crippen LogP contribution in [0.25, 0.3) is 11.0 Å². The lowest BCUT2D eigenvalue weighted by atomic mass is 10.3. The summed E-state index contributed by atoms with van der Waals surface area (Å²) in [5.41, 5.74) is 0.505. The van der Waals surface area contributed by atoms with Crippen LogP contribution in [0.15, 0.2) is 16.9 Å². The maximum atomic E-state index is 13.5. The number of ether oxygens (including phenoxy) is 1. The quantitative estimate of drug-likeness (QED) is 0.837. The number of nitrogens with zero attached hydrogens (tertiary/aromatic N) is 1. The summed E-state index contributed by atoms with van der Waals surface area (Å²) < 4.78 is 19.0. The van der Waals surface area contributed by atoms with Gasteiger partial charge in [-0.2, -0.15) is 0 Å². The average molecular weight is 245 g/mol. The maximum Gasteiger partial charge on any atom is 0.178 e. The first-order valence-corrected chi connectivity index (χ1v) is 4.38. The van der Waals surface area contributed by atoms with Crippen molar-refractivity contribution in [2.24, 2.45) is 0 Å². The molecule has 3 nitrogen and oxygen atoms in total. The summed E-state index contributed by atoms with van der Waals surface area (Å²) in [6, 6.07) is 0. The molecule has 0 saturated carbocycles. The summed E-state index contributed by atoms with van der Waals surface area (Å²) in [4.78, 5) is 6.81. The summed E-state index contributed by atoms with van der Waals surface area (Å²) in [6.07, 6.45) is 2.99. The van der Waals surface area contributed by atoms with Gasteiger partial charge in [-0.15, -0.1) is 0 Å². The number of hydrogen-bond acceptors (Lipinski definition) is 2. The van der Waals surface area contributed by atoms with Crippen molar-refractivity contribution in [3.05, 3.63) is 22.7 Å². The van der Waals surface area contributed by atoms with E-state index in [9.17, 15) is 4.39 Å². The van der Waals surface area contributed by atoms with Crippen molar-refractivity contribution >= 4 is 27.0 Å². The number of rotatable bonds is 1. The molecule has 0 spiro atoms. The van der Waals surface area contributed by atoms with Crippen molar-refractivity contribution in [1.29, 1.82) is 0 Å². The molecule has 0 atom stereocenters. The molecule has 68 valence electrons. The Labute approximate surface area is 82.1 Å². The minimum atomic E-state index is -0.402. The van der Waals surface area contributed by atoms with Crippen molar-refractivity contribution in [2.45, 2.75) is 0 Å². The van der Waals surface area contributed by atoms with Gasteiger partial charge in [-0.3, -0.25) is 0 Å². The maximum absolute atomic E-state index is 13.5. The van der Waals surface area contributed by atoms with Crippen LogP contribution in [0.1, 0.15) is 0 Å². The lowest BCUT2D eigenvalue weighted by molar-refractivity contribution is 0.387. The molecule has 0 aliphatic heterocycles. The van der Waals surface area contributed by atoms with Gasteiger partial charge in [0.05, 0.1) is 18.7 Å². The third-order valence-corrected chi connectivity index (χ3v) is 2.40. The van der Waals surface area contributed by atoms with E-state index < -0.39 is 5.82 Å². The Bertz CT molecular complexity index is 455. The Morgan fingerprint density at radius 1 is 1.62 bits per heavy atom. The second kappa shape index (κ2) is 2.99. The number of H-pyrrole nitrogens is 1. The molecule has 0 unspecified atom stereocenters. The van der Waals surface area contributed by atoms with Gasteiger partial charge < -0.3 is 9.72 Å². The number of halogens is 2. The third-order valence-electron chi connectivity index (χ3n) is 1.78. The van der Waals surface area contributed by atoms with E-state index in [4.69, 9.17) is 4.74 Å². The van der Waals surface area contributed by atoms with E-state index in [0.717, 1.165) is 0 Å². The van der Waals surface area contributed by atoms with Crippen molar-refractivity contribution in [3.8, 4) is 5.75 Å². The van der Waals surface area contributed by atoms with Gasteiger partial charge in [0, 0.05) is 10.7 Å². The smallest absolute Gasteiger partial charge is 0.178 e. The van der Waals surface area contributed by atoms with Gasteiger partial charge in [-0.25, -0.2) is 9.37 Å². The zero-order valence-electron chi connectivity index (χ0n) is 6.77. The van der Waals surface area contributed by atoms with Crippen molar-refractivity contribution in [3.63, 3.8) is 0 Å². The largest absolute Gasteiger partial charge is 0.492 e. The molecule has 0 bridgehead atoms. The summed E-state index contributed by atoms with van der Waals surface area (Å²) in [6.45, 7) is 0. The minimum Gasteiger partial charge on any atom is -0.492 e. The number of fused-ring (bicyclic) bond motifs is 1. The second-order valence-electron chi connectivity index (χ2n) is 2.50. The molecule has 2 aromatic heterocycles. The molecule has 5 heteroatoms. The van der Waals surface area contributed by atoms with Crippen molar-refractivity contribution < 1.29 is 9.13 Å². The molecule has 0 fully saturated rings. The highest BCUT2D eigenvalue weighted by atomic mass is 79.9. The van der Waals surface area contributed by atoms with Gasteiger partial charge in [0.1, 0.15) is 5.65 Å². The van der Waals surface area contributed by atoms with Crippen LogP contribution >= 0.6 is 15.9 Å². The molecule has 2 heterocycles. The van der Waals surface area contributed by atoms with E-state index in [-0.39, 0.29) is 5.75 Å². The van der Waals surface area contributed by atoms with E-state index in [0.29, 0.717) is 15.5 Å². The van der Waals surface area contributed by atoms with Gasteiger partial charge >= 0.3 is 0 Å². The fourth-order valence-corrected chi connectivity index (χ4v) is 1.62. The van der Waals surface area contributed by atoms with Gasteiger partial charge in [0.2, 0.25) is 0 Å². The topological polar surface area (TPSA) is 37.9 Å². The van der Waals surface area contributed by atoms with Crippen LogP contribution in [0.3, 0.4) is 0 Å². The zero-order valence-corrected chi connectivity index (χ0v) is 8.35. The van der Waals surface area contributed by atoms with Crippen LogP contribution in [0.5, 0.6) is 5.75 Å². The number of aromatic amines is 1. The Hall–Kier alpha value is -1.10. The van der Waals surface area contributed by atoms with Crippen LogP contribution in [0.4, 0.5) is 4.39 Å². The van der Waals surface area contributed by atoms with E-state index in [2.05, 4.69) is 25.9 Å². The molecular formula is C8H6BrFN2O. The molecule has 0 aromatic carbocycles. The molecule has 0 saturated heterocycles. The van der Waals surface area contributed by atoms with Gasteiger partial charge in [0.25, 0.3) is 0 Å². The van der Waals surface area contributed by atoms with Crippen molar-refractivity contribution in [1.82, 2.24) is 9.97 Å². The number of aromatic nitrogens is 2. The predicted octanol–water partition coefficient (Wildman–Crippen LogP) is 2.47. The van der Waals surface area contributed by atoms with E-state index in [1.807, 2.05) is 0 Å². The first-order valence-electron chi connectivity index (χ1n) is 3.59. The van der Waals surface area contributed by atoms with Gasteiger partial charge in [0.15, 0.2) is 11.6 Å². The van der Waals surface area contributed by atoms with Crippen LogP contribution in [0.2, 0.25) is 0 Å². The summed E-state index contributed by atoms with van der Waals surface area (Å²) >= 11 is 3.21. The number of methoxy groups -OCH3 is 1. The number of hydrogen-bond donors (Lipinski definition) is 1. The van der Waals surface area contributed by atoms with Crippen LogP contribution in [-0.4, -0.2) is 17.1 Å². The average Bonchev–Trinajstić information content (AvgIpc) is 2.49. The highest BCUT2D eigenvalue weighted by molar-refractivity contribution is 9.10. The predicted molar refractivity (Wildman–Crippen MR) is 50.3 cm³/mol. The van der Waals surface area contributed by atoms with Gasteiger partial charge in [-0.1, -0.05) is 0 Å². The van der Waals surface area contributed by atoms with E-state index >= 15 is 0 Å². The first kappa shape index (κ1) is 8.50. The Balaban J connectivity index is 2.83. The summed E-state index contributed by atoms with van der Waals surface area (Å²) in [5.74, 6) is -0.256. The van der Waals surface area contributed by atoms with E-state index in [1.165, 1.54) is 13.3 Å². The standard InChI is InChI=1S/C8H6BrFN2O/c1-13-5-3-12-8-6(7(5)10)4(9)2-11-8/h2-3H,1H3,(H,11,12). The van der Waals surface area contributed by atoms with Gasteiger partial charge in [-0.05, 0) is 15.9 Å². The monoisotopic (exact) mass is 244 g/mol. The molecule has 2 rings (SSSR count). The number of pyridine rings is 1. The van der Waals surface area contributed by atoms with Crippen LogP contribution < -0.4 is 4.74 Å². The lowest BCUT2D eigenvalue weighted by Gasteiger charge is -2.00. The van der Waals surface area contributed by atoms with Crippen LogP contribution in [0, 0.1) is 5.82 Å². The second-order valence-corrected chi connectivity index (χ2v) is 3.36. The third kappa shape index (κ3) is 1.19. The highest BCUT2D eigenvalue weighted by Gasteiger charge is 2.12. The van der Waals surface area contributed by atoms with Crippen molar-refractivity contribution in [2.75, 3.05) is 7.11 Å². The minimum absolute atomic E-state index is 0.146. The van der Waals surface area contributed by atoms with E-state index in [1.54, 1.807) is 6.20 Å². The Kier molecular flexibility index (Phi) is 1.95. The summed E-state index contributed by atoms with van der Waals surface area (Å²) in [7, 11) is 1.41.